The lowest BCUT2D eigenvalue weighted by Gasteiger charge is -2.17. The summed E-state index contributed by atoms with van der Waals surface area (Å²) >= 11 is 0. The third-order valence-corrected chi connectivity index (χ3v) is 2.79. The number of epoxide rings is 1. The van der Waals surface area contributed by atoms with Gasteiger partial charge in [-0.2, -0.15) is 0 Å². The summed E-state index contributed by atoms with van der Waals surface area (Å²) in [5, 5.41) is 0. The maximum atomic E-state index is 5.54. The second kappa shape index (κ2) is 3.61. The molecule has 2 aliphatic rings. The van der Waals surface area contributed by atoms with E-state index in [0.717, 1.165) is 5.92 Å². The van der Waals surface area contributed by atoms with Crippen LogP contribution in [0.5, 0.6) is 0 Å². The van der Waals surface area contributed by atoms with Crippen LogP contribution in [-0.4, -0.2) is 11.7 Å². The summed E-state index contributed by atoms with van der Waals surface area (Å²) in [6, 6.07) is 0. The summed E-state index contributed by atoms with van der Waals surface area (Å²) < 4.78 is 5.54. The third kappa shape index (κ3) is 2.10. The van der Waals surface area contributed by atoms with Crippen LogP contribution in [0.15, 0.2) is 12.7 Å². The van der Waals surface area contributed by atoms with Crippen molar-refractivity contribution in [2.75, 3.05) is 0 Å². The highest BCUT2D eigenvalue weighted by Gasteiger charge is 2.54. The van der Waals surface area contributed by atoms with Crippen molar-refractivity contribution in [2.24, 2.45) is 5.92 Å². The average molecular weight is 168 g/mol. The Hall–Kier alpha value is -0.300. The van der Waals surface area contributed by atoms with E-state index in [1.54, 1.807) is 6.08 Å². The monoisotopic (exact) mass is 168 g/mol. The van der Waals surface area contributed by atoms with Crippen molar-refractivity contribution >= 4 is 0 Å². The molecule has 0 N–H and O–H groups in total. The second-order valence-corrected chi connectivity index (χ2v) is 4.21. The van der Waals surface area contributed by atoms with Crippen LogP contribution in [0.2, 0.25) is 0 Å². The van der Waals surface area contributed by atoms with E-state index in [1.807, 2.05) is 6.92 Å². The molecule has 0 aromatic rings. The van der Waals surface area contributed by atoms with Gasteiger partial charge in [0.25, 0.3) is 0 Å². The molecule has 1 nitrogen and oxygen atoms in total. The van der Waals surface area contributed by atoms with Gasteiger partial charge in [0.15, 0.2) is 0 Å². The van der Waals surface area contributed by atoms with Crippen molar-refractivity contribution in [1.29, 1.82) is 0 Å². The van der Waals surface area contributed by atoms with Crippen molar-refractivity contribution in [3.05, 3.63) is 12.7 Å². The van der Waals surface area contributed by atoms with E-state index >= 15 is 0 Å². The molecule has 0 bridgehead atoms. The zero-order chi connectivity index (χ0) is 9.19. The summed E-state index contributed by atoms with van der Waals surface area (Å²) in [6.45, 7) is 9.81. The van der Waals surface area contributed by atoms with Gasteiger partial charge in [0.05, 0.1) is 11.7 Å². The molecule has 70 valence electrons. The largest absolute Gasteiger partial charge is 0.366 e. The Balaban J connectivity index is 0.000000213. The average Bonchev–Trinajstić information content (AvgIpc) is 2.62. The molecular formula is C11H20O. The zero-order valence-corrected chi connectivity index (χ0v) is 8.47. The van der Waals surface area contributed by atoms with Gasteiger partial charge < -0.3 is 4.74 Å². The molecule has 1 saturated carbocycles. The Morgan fingerprint density at radius 1 is 1.58 bits per heavy atom. The lowest BCUT2D eigenvalue weighted by molar-refractivity contribution is 0.302. The summed E-state index contributed by atoms with van der Waals surface area (Å²) in [5.41, 5.74) is 0.326. The standard InChI is InChI=1S/C8H14O.C3H6/c1-6-3-4-8(2)7(5-6)9-8;1-3-2/h6-7H,3-5H2,1-2H3;3H,1H2,2H3/t6-,7?,8-;/m1./s1. The van der Waals surface area contributed by atoms with Gasteiger partial charge in [-0.05, 0) is 39.0 Å². The van der Waals surface area contributed by atoms with Crippen LogP contribution in [0, 0.1) is 5.92 Å². The van der Waals surface area contributed by atoms with Crippen LogP contribution in [-0.2, 0) is 4.74 Å². The maximum Gasteiger partial charge on any atom is 0.0920 e. The van der Waals surface area contributed by atoms with Crippen LogP contribution in [0.4, 0.5) is 0 Å². The van der Waals surface area contributed by atoms with Crippen LogP contribution in [0.3, 0.4) is 0 Å². The molecule has 2 rings (SSSR count). The first kappa shape index (κ1) is 9.79. The second-order valence-electron chi connectivity index (χ2n) is 4.21. The summed E-state index contributed by atoms with van der Waals surface area (Å²) in [6.07, 6.45) is 6.34. The Morgan fingerprint density at radius 3 is 2.58 bits per heavy atom. The smallest absolute Gasteiger partial charge is 0.0920 e. The Morgan fingerprint density at radius 2 is 2.17 bits per heavy atom. The van der Waals surface area contributed by atoms with E-state index in [-0.39, 0.29) is 0 Å². The predicted octanol–water partition coefficient (Wildman–Crippen LogP) is 3.16. The molecule has 12 heavy (non-hydrogen) atoms. The van der Waals surface area contributed by atoms with E-state index in [9.17, 15) is 0 Å². The Labute approximate surface area is 75.8 Å². The van der Waals surface area contributed by atoms with Crippen molar-refractivity contribution in [2.45, 2.75) is 51.7 Å². The van der Waals surface area contributed by atoms with Gasteiger partial charge in [0.1, 0.15) is 0 Å². The van der Waals surface area contributed by atoms with Crippen LogP contribution in [0.25, 0.3) is 0 Å². The first-order chi connectivity index (χ1) is 5.62. The highest BCUT2D eigenvalue weighted by atomic mass is 16.6. The molecule has 0 aromatic heterocycles. The molecule has 3 atom stereocenters. The normalized spacial score (nSPS) is 43.6. The molecule has 1 saturated heterocycles. The maximum absolute atomic E-state index is 5.54. The molecule has 0 spiro atoms. The topological polar surface area (TPSA) is 12.5 Å². The van der Waals surface area contributed by atoms with E-state index in [1.165, 1.54) is 19.3 Å². The number of hydrogen-bond acceptors (Lipinski definition) is 1. The summed E-state index contributed by atoms with van der Waals surface area (Å²) in [5.74, 6) is 0.908. The van der Waals surface area contributed by atoms with Gasteiger partial charge in [-0.3, -0.25) is 0 Å². The highest BCUT2D eigenvalue weighted by Crippen LogP contribution is 2.48. The minimum absolute atomic E-state index is 0.326. The number of rotatable bonds is 0. The molecule has 2 fully saturated rings. The van der Waals surface area contributed by atoms with Gasteiger partial charge in [-0.15, -0.1) is 6.58 Å². The molecule has 1 aliphatic carbocycles. The molecule has 1 aliphatic heterocycles. The predicted molar refractivity (Wildman–Crippen MR) is 52.2 cm³/mol. The molecule has 0 aromatic carbocycles. The lowest BCUT2D eigenvalue weighted by Crippen LogP contribution is -2.19. The molecular weight excluding hydrogens is 148 g/mol. The van der Waals surface area contributed by atoms with Crippen LogP contribution < -0.4 is 0 Å². The number of hydrogen-bond donors (Lipinski definition) is 0. The molecule has 1 unspecified atom stereocenters. The first-order valence-electron chi connectivity index (χ1n) is 4.87. The first-order valence-corrected chi connectivity index (χ1v) is 4.87. The SMILES string of the molecule is C=CC.C[C@@H]1CC[C@@]2(C)OC2C1. The van der Waals surface area contributed by atoms with Crippen LogP contribution in [0.1, 0.15) is 40.0 Å². The fourth-order valence-corrected chi connectivity index (χ4v) is 1.82. The quantitative estimate of drug-likeness (QED) is 0.400. The van der Waals surface area contributed by atoms with Gasteiger partial charge in [0, 0.05) is 0 Å². The van der Waals surface area contributed by atoms with Crippen molar-refractivity contribution in [3.63, 3.8) is 0 Å². The van der Waals surface area contributed by atoms with E-state index < -0.39 is 0 Å². The number of ether oxygens (including phenoxy) is 1. The van der Waals surface area contributed by atoms with Gasteiger partial charge in [0.2, 0.25) is 0 Å². The Kier molecular flexibility index (Phi) is 2.94. The summed E-state index contributed by atoms with van der Waals surface area (Å²) in [4.78, 5) is 0. The molecule has 1 heteroatoms. The van der Waals surface area contributed by atoms with Crippen molar-refractivity contribution in [1.82, 2.24) is 0 Å². The number of allylic oxidation sites excluding steroid dienone is 1. The minimum atomic E-state index is 0.326. The fourth-order valence-electron chi connectivity index (χ4n) is 1.82. The van der Waals surface area contributed by atoms with Gasteiger partial charge in [-0.25, -0.2) is 0 Å². The van der Waals surface area contributed by atoms with E-state index in [4.69, 9.17) is 4.74 Å². The van der Waals surface area contributed by atoms with Crippen LogP contribution >= 0.6 is 0 Å². The third-order valence-electron chi connectivity index (χ3n) is 2.79. The van der Waals surface area contributed by atoms with Crippen molar-refractivity contribution < 1.29 is 4.74 Å². The molecule has 1 heterocycles. The van der Waals surface area contributed by atoms with Crippen molar-refractivity contribution in [3.8, 4) is 0 Å². The fraction of sp³-hybridized carbons (Fsp3) is 0.818. The zero-order valence-electron chi connectivity index (χ0n) is 8.47. The van der Waals surface area contributed by atoms with E-state index in [0.29, 0.717) is 11.7 Å². The lowest BCUT2D eigenvalue weighted by atomic mass is 9.84. The minimum Gasteiger partial charge on any atom is -0.366 e. The summed E-state index contributed by atoms with van der Waals surface area (Å²) in [7, 11) is 0. The number of fused-ring (bicyclic) bond motifs is 1. The molecule has 0 radical (unpaired) electrons. The van der Waals surface area contributed by atoms with Gasteiger partial charge >= 0.3 is 0 Å². The highest BCUT2D eigenvalue weighted by molar-refractivity contribution is 5.02. The Bertz CT molecular complexity index is 164. The van der Waals surface area contributed by atoms with Gasteiger partial charge in [-0.1, -0.05) is 13.0 Å². The molecule has 0 amide bonds. The van der Waals surface area contributed by atoms with E-state index in [2.05, 4.69) is 20.4 Å².